The number of sulfonamides is 1. The zero-order valence-electron chi connectivity index (χ0n) is 15.3. The second kappa shape index (κ2) is 7.62. The minimum atomic E-state index is -3.68. The zero-order valence-corrected chi connectivity index (χ0v) is 16.9. The summed E-state index contributed by atoms with van der Waals surface area (Å²) in [6, 6.07) is 17.2. The van der Waals surface area contributed by atoms with Gasteiger partial charge >= 0.3 is 0 Å². The van der Waals surface area contributed by atoms with E-state index < -0.39 is 10.0 Å². The normalized spacial score (nSPS) is 11.3. The van der Waals surface area contributed by atoms with Gasteiger partial charge < -0.3 is 4.74 Å². The highest BCUT2D eigenvalue weighted by Crippen LogP contribution is 2.33. The number of nitrogens with one attached hydrogen (secondary N) is 1. The molecule has 0 aromatic heterocycles. The Hall–Kier alpha value is -2.50. The Morgan fingerprint density at radius 2 is 1.56 bits per heavy atom. The summed E-state index contributed by atoms with van der Waals surface area (Å²) in [6.07, 6.45) is 0. The van der Waals surface area contributed by atoms with Crippen molar-refractivity contribution in [2.45, 2.75) is 25.7 Å². The molecule has 3 rings (SSSR count). The maximum atomic E-state index is 12.5. The fourth-order valence-corrected chi connectivity index (χ4v) is 3.75. The molecular weight excluding hydrogens is 382 g/mol. The van der Waals surface area contributed by atoms with E-state index in [2.05, 4.69) is 4.72 Å². The molecule has 1 N–H and O–H groups in total. The lowest BCUT2D eigenvalue weighted by Gasteiger charge is -2.12. The summed E-state index contributed by atoms with van der Waals surface area (Å²) in [5.74, 6) is 1.13. The summed E-state index contributed by atoms with van der Waals surface area (Å²) >= 11 is 6.29. The maximum absolute atomic E-state index is 12.5. The van der Waals surface area contributed by atoms with Gasteiger partial charge in [0.25, 0.3) is 10.0 Å². The molecule has 6 heteroatoms. The summed E-state index contributed by atoms with van der Waals surface area (Å²) in [4.78, 5) is 0.194. The molecule has 0 bridgehead atoms. The quantitative estimate of drug-likeness (QED) is 0.582. The van der Waals surface area contributed by atoms with Crippen LogP contribution in [0.5, 0.6) is 11.5 Å². The lowest BCUT2D eigenvalue weighted by molar-refractivity contribution is 0.482. The maximum Gasteiger partial charge on any atom is 0.261 e. The van der Waals surface area contributed by atoms with Crippen LogP contribution >= 0.6 is 11.6 Å². The van der Waals surface area contributed by atoms with Gasteiger partial charge in [-0.15, -0.1) is 0 Å². The zero-order chi connectivity index (χ0) is 19.6. The van der Waals surface area contributed by atoms with Crippen molar-refractivity contribution in [1.82, 2.24) is 0 Å². The Morgan fingerprint density at radius 3 is 2.19 bits per heavy atom. The average molecular weight is 402 g/mol. The van der Waals surface area contributed by atoms with Gasteiger partial charge in [0, 0.05) is 0 Å². The number of aryl methyl sites for hydroxylation is 3. The number of ether oxygens (including phenoxy) is 1. The average Bonchev–Trinajstić information content (AvgIpc) is 2.60. The van der Waals surface area contributed by atoms with E-state index in [1.165, 1.54) is 11.6 Å². The van der Waals surface area contributed by atoms with E-state index >= 15 is 0 Å². The van der Waals surface area contributed by atoms with E-state index in [1.807, 2.05) is 39.0 Å². The van der Waals surface area contributed by atoms with E-state index in [9.17, 15) is 8.42 Å². The number of benzene rings is 3. The molecule has 0 aliphatic rings. The van der Waals surface area contributed by atoms with Crippen LogP contribution in [0.4, 0.5) is 5.69 Å². The molecule has 3 aromatic rings. The number of rotatable bonds is 5. The largest absolute Gasteiger partial charge is 0.456 e. The predicted molar refractivity (Wildman–Crippen MR) is 109 cm³/mol. The SMILES string of the molecule is Cc1ccc(S(=O)(=O)Nc2ccc(Oc3ccc(C)c(C)c3)c(Cl)c2)cc1. The first-order valence-corrected chi connectivity index (χ1v) is 10.2. The Kier molecular flexibility index (Phi) is 5.44. The van der Waals surface area contributed by atoms with Crippen LogP contribution in [-0.4, -0.2) is 8.42 Å². The molecule has 0 amide bonds. The number of anilines is 1. The second-order valence-electron chi connectivity index (χ2n) is 6.41. The third kappa shape index (κ3) is 4.62. The third-order valence-electron chi connectivity index (χ3n) is 4.22. The van der Waals surface area contributed by atoms with Crippen LogP contribution in [0.3, 0.4) is 0 Å². The molecule has 0 aliphatic carbocycles. The van der Waals surface area contributed by atoms with Crippen molar-refractivity contribution >= 4 is 27.3 Å². The minimum Gasteiger partial charge on any atom is -0.456 e. The molecule has 3 aromatic carbocycles. The molecule has 0 atom stereocenters. The highest BCUT2D eigenvalue weighted by Gasteiger charge is 2.15. The highest BCUT2D eigenvalue weighted by molar-refractivity contribution is 7.92. The lowest BCUT2D eigenvalue weighted by Crippen LogP contribution is -2.12. The van der Waals surface area contributed by atoms with Crippen molar-refractivity contribution in [2.75, 3.05) is 4.72 Å². The van der Waals surface area contributed by atoms with Gasteiger partial charge in [-0.25, -0.2) is 8.42 Å². The van der Waals surface area contributed by atoms with Gasteiger partial charge in [0.15, 0.2) is 0 Å². The molecule has 0 heterocycles. The fourth-order valence-electron chi connectivity index (χ4n) is 2.48. The molecule has 140 valence electrons. The first-order chi connectivity index (χ1) is 12.7. The Labute approximate surface area is 164 Å². The number of hydrogen-bond acceptors (Lipinski definition) is 3. The first kappa shape index (κ1) is 19.3. The van der Waals surface area contributed by atoms with Crippen molar-refractivity contribution in [1.29, 1.82) is 0 Å². The van der Waals surface area contributed by atoms with Gasteiger partial charge in [-0.05, 0) is 74.4 Å². The molecular formula is C21H20ClNO3S. The van der Waals surface area contributed by atoms with E-state index in [4.69, 9.17) is 16.3 Å². The monoisotopic (exact) mass is 401 g/mol. The molecule has 27 heavy (non-hydrogen) atoms. The van der Waals surface area contributed by atoms with E-state index in [0.29, 0.717) is 22.2 Å². The third-order valence-corrected chi connectivity index (χ3v) is 5.91. The van der Waals surface area contributed by atoms with Gasteiger partial charge in [0.1, 0.15) is 11.5 Å². The first-order valence-electron chi connectivity index (χ1n) is 8.39. The smallest absolute Gasteiger partial charge is 0.261 e. The minimum absolute atomic E-state index is 0.194. The summed E-state index contributed by atoms with van der Waals surface area (Å²) < 4.78 is 33.3. The Morgan fingerprint density at radius 1 is 0.852 bits per heavy atom. The molecule has 0 spiro atoms. The Bertz CT molecular complexity index is 1080. The van der Waals surface area contributed by atoms with Gasteiger partial charge in [-0.3, -0.25) is 4.72 Å². The summed E-state index contributed by atoms with van der Waals surface area (Å²) in [5, 5.41) is 0.317. The molecule has 0 fully saturated rings. The van der Waals surface area contributed by atoms with Crippen molar-refractivity contribution in [3.05, 3.63) is 82.4 Å². The predicted octanol–water partition coefficient (Wildman–Crippen LogP) is 5.86. The van der Waals surface area contributed by atoms with E-state index in [1.54, 1.807) is 36.4 Å². The van der Waals surface area contributed by atoms with Crippen LogP contribution in [0.1, 0.15) is 16.7 Å². The van der Waals surface area contributed by atoms with Crippen molar-refractivity contribution in [3.63, 3.8) is 0 Å². The number of halogens is 1. The van der Waals surface area contributed by atoms with Gasteiger partial charge in [0.05, 0.1) is 15.6 Å². The molecule has 0 radical (unpaired) electrons. The number of hydrogen-bond donors (Lipinski definition) is 1. The van der Waals surface area contributed by atoms with Gasteiger partial charge in [-0.2, -0.15) is 0 Å². The van der Waals surface area contributed by atoms with Crippen LogP contribution in [0, 0.1) is 20.8 Å². The molecule has 0 saturated carbocycles. The van der Waals surface area contributed by atoms with Crippen LogP contribution in [-0.2, 0) is 10.0 Å². The van der Waals surface area contributed by atoms with Crippen LogP contribution in [0.25, 0.3) is 0 Å². The van der Waals surface area contributed by atoms with Crippen molar-refractivity contribution in [2.24, 2.45) is 0 Å². The van der Waals surface area contributed by atoms with Crippen LogP contribution in [0.2, 0.25) is 5.02 Å². The van der Waals surface area contributed by atoms with Crippen molar-refractivity contribution < 1.29 is 13.2 Å². The van der Waals surface area contributed by atoms with Gasteiger partial charge in [-0.1, -0.05) is 35.4 Å². The summed E-state index contributed by atoms with van der Waals surface area (Å²) in [7, 11) is -3.68. The molecule has 4 nitrogen and oxygen atoms in total. The van der Waals surface area contributed by atoms with Crippen molar-refractivity contribution in [3.8, 4) is 11.5 Å². The molecule has 0 saturated heterocycles. The van der Waals surface area contributed by atoms with Crippen LogP contribution < -0.4 is 9.46 Å². The van der Waals surface area contributed by atoms with E-state index in [0.717, 1.165) is 11.1 Å². The summed E-state index contributed by atoms with van der Waals surface area (Å²) in [6.45, 7) is 5.94. The second-order valence-corrected chi connectivity index (χ2v) is 8.50. The molecule has 0 aliphatic heterocycles. The van der Waals surface area contributed by atoms with Crippen LogP contribution in [0.15, 0.2) is 65.6 Å². The summed E-state index contributed by atoms with van der Waals surface area (Å²) in [5.41, 5.74) is 3.65. The topological polar surface area (TPSA) is 55.4 Å². The van der Waals surface area contributed by atoms with E-state index in [-0.39, 0.29) is 4.90 Å². The standard InChI is InChI=1S/C21H20ClNO3S/c1-14-4-9-19(10-5-14)27(24,25)23-17-7-11-21(20(22)13-17)26-18-8-6-15(2)16(3)12-18/h4-13,23H,1-3H3. The molecule has 0 unspecified atom stereocenters. The lowest BCUT2D eigenvalue weighted by atomic mass is 10.1. The van der Waals surface area contributed by atoms with Gasteiger partial charge in [0.2, 0.25) is 0 Å². The fraction of sp³-hybridized carbons (Fsp3) is 0.143. The Balaban J connectivity index is 1.80. The highest BCUT2D eigenvalue weighted by atomic mass is 35.5.